The van der Waals surface area contributed by atoms with E-state index in [0.717, 1.165) is 0 Å². The van der Waals surface area contributed by atoms with Gasteiger partial charge in [0, 0.05) is 36.8 Å². The van der Waals surface area contributed by atoms with Crippen LogP contribution >= 0.6 is 23.2 Å². The smallest absolute Gasteiger partial charge is 0.409 e. The molecule has 0 unspecified atom stereocenters. The van der Waals surface area contributed by atoms with E-state index in [-0.39, 0.29) is 43.2 Å². The second kappa shape index (κ2) is 9.86. The van der Waals surface area contributed by atoms with Gasteiger partial charge < -0.3 is 15.0 Å². The van der Waals surface area contributed by atoms with Gasteiger partial charge in [-0.2, -0.15) is 4.31 Å². The minimum absolute atomic E-state index is 0.0643. The third-order valence-electron chi connectivity index (χ3n) is 4.70. The lowest BCUT2D eigenvalue weighted by Gasteiger charge is -2.33. The Kier molecular flexibility index (Phi) is 7.42. The van der Waals surface area contributed by atoms with Crippen LogP contribution in [-0.4, -0.2) is 62.4 Å². The molecule has 1 N–H and O–H groups in total. The van der Waals surface area contributed by atoms with E-state index < -0.39 is 22.0 Å². The van der Waals surface area contributed by atoms with Gasteiger partial charge in [0.05, 0.1) is 22.2 Å². The van der Waals surface area contributed by atoms with Gasteiger partial charge >= 0.3 is 6.09 Å². The predicted octanol–water partition coefficient (Wildman–Crippen LogP) is 3.71. The van der Waals surface area contributed by atoms with Gasteiger partial charge in [-0.05, 0) is 49.4 Å². The molecule has 1 saturated heterocycles. The number of halogens is 2. The van der Waals surface area contributed by atoms with Crippen LogP contribution in [0.25, 0.3) is 0 Å². The SMILES string of the molecule is CCOC(=O)N1CCN(S(=O)(=O)c2ccc(C(=O)Nc3cc(Cl)ccc3Cl)cc2)CC1. The van der Waals surface area contributed by atoms with E-state index in [2.05, 4.69) is 5.32 Å². The summed E-state index contributed by atoms with van der Waals surface area (Å²) >= 11 is 12.0. The van der Waals surface area contributed by atoms with Crippen molar-refractivity contribution in [2.24, 2.45) is 0 Å². The van der Waals surface area contributed by atoms with Crippen LogP contribution in [0, 0.1) is 0 Å². The molecular formula is C20H21Cl2N3O5S. The van der Waals surface area contributed by atoms with Gasteiger partial charge in [0.15, 0.2) is 0 Å². The average molecular weight is 486 g/mol. The van der Waals surface area contributed by atoms with Crippen molar-refractivity contribution in [3.8, 4) is 0 Å². The number of hydrogen-bond donors (Lipinski definition) is 1. The Morgan fingerprint density at radius 3 is 2.29 bits per heavy atom. The van der Waals surface area contributed by atoms with Crippen LogP contribution in [0.4, 0.5) is 10.5 Å². The van der Waals surface area contributed by atoms with Crippen molar-refractivity contribution in [1.29, 1.82) is 0 Å². The van der Waals surface area contributed by atoms with Crippen molar-refractivity contribution in [1.82, 2.24) is 9.21 Å². The number of nitrogens with zero attached hydrogens (tertiary/aromatic N) is 2. The van der Waals surface area contributed by atoms with Crippen LogP contribution in [0.5, 0.6) is 0 Å². The Hall–Kier alpha value is -2.33. The van der Waals surface area contributed by atoms with Crippen LogP contribution in [0.15, 0.2) is 47.4 Å². The van der Waals surface area contributed by atoms with E-state index >= 15 is 0 Å². The molecule has 2 aromatic rings. The first-order valence-electron chi connectivity index (χ1n) is 9.50. The van der Waals surface area contributed by atoms with Crippen LogP contribution in [0.3, 0.4) is 0 Å². The second-order valence-electron chi connectivity index (χ2n) is 6.69. The molecule has 166 valence electrons. The summed E-state index contributed by atoms with van der Waals surface area (Å²) in [4.78, 5) is 25.8. The molecule has 1 fully saturated rings. The van der Waals surface area contributed by atoms with Crippen LogP contribution < -0.4 is 5.32 Å². The van der Waals surface area contributed by atoms with Crippen molar-refractivity contribution < 1.29 is 22.7 Å². The Labute approximate surface area is 190 Å². The maximum absolute atomic E-state index is 12.9. The first-order valence-corrected chi connectivity index (χ1v) is 11.7. The summed E-state index contributed by atoms with van der Waals surface area (Å²) in [5.74, 6) is -0.448. The number of sulfonamides is 1. The lowest BCUT2D eigenvalue weighted by atomic mass is 10.2. The van der Waals surface area contributed by atoms with E-state index in [1.165, 1.54) is 39.5 Å². The predicted molar refractivity (Wildman–Crippen MR) is 118 cm³/mol. The Morgan fingerprint density at radius 2 is 1.68 bits per heavy atom. The summed E-state index contributed by atoms with van der Waals surface area (Å²) in [5, 5.41) is 3.40. The van der Waals surface area contributed by atoms with Crippen molar-refractivity contribution >= 4 is 50.9 Å². The number of anilines is 1. The Bertz CT molecular complexity index is 1070. The topological polar surface area (TPSA) is 96.0 Å². The summed E-state index contributed by atoms with van der Waals surface area (Å²) < 4.78 is 32.1. The third-order valence-corrected chi connectivity index (χ3v) is 7.17. The van der Waals surface area contributed by atoms with Gasteiger partial charge in [-0.3, -0.25) is 4.79 Å². The number of amides is 2. The monoisotopic (exact) mass is 485 g/mol. The number of rotatable bonds is 5. The molecule has 1 heterocycles. The van der Waals surface area contributed by atoms with E-state index in [1.54, 1.807) is 19.1 Å². The lowest BCUT2D eigenvalue weighted by Crippen LogP contribution is -2.50. The molecule has 1 aliphatic heterocycles. The molecule has 0 aliphatic carbocycles. The van der Waals surface area contributed by atoms with Gasteiger partial charge in [0.25, 0.3) is 5.91 Å². The molecule has 0 radical (unpaired) electrons. The van der Waals surface area contributed by atoms with Crippen LogP contribution in [0.2, 0.25) is 10.0 Å². The molecule has 0 bridgehead atoms. The molecule has 2 amide bonds. The number of benzene rings is 2. The van der Waals surface area contributed by atoms with Crippen molar-refractivity contribution in [2.45, 2.75) is 11.8 Å². The Balaban J connectivity index is 1.67. The van der Waals surface area contributed by atoms with Crippen molar-refractivity contribution in [3.63, 3.8) is 0 Å². The van der Waals surface area contributed by atoms with Gasteiger partial charge in [0.2, 0.25) is 10.0 Å². The fourth-order valence-electron chi connectivity index (χ4n) is 3.04. The molecule has 0 atom stereocenters. The number of nitrogens with one attached hydrogen (secondary N) is 1. The van der Waals surface area contributed by atoms with Crippen molar-refractivity contribution in [3.05, 3.63) is 58.1 Å². The number of hydrogen-bond acceptors (Lipinski definition) is 5. The maximum Gasteiger partial charge on any atom is 0.409 e. The highest BCUT2D eigenvalue weighted by Crippen LogP contribution is 2.26. The minimum Gasteiger partial charge on any atom is -0.450 e. The minimum atomic E-state index is -3.75. The zero-order valence-corrected chi connectivity index (χ0v) is 19.0. The molecule has 3 rings (SSSR count). The summed E-state index contributed by atoms with van der Waals surface area (Å²) in [6.45, 7) is 2.80. The first kappa shape index (κ1) is 23.3. The third kappa shape index (κ3) is 5.48. The van der Waals surface area contributed by atoms with E-state index in [1.807, 2.05) is 0 Å². The number of ether oxygens (including phenoxy) is 1. The summed E-state index contributed by atoms with van der Waals surface area (Å²) in [6.07, 6.45) is -0.449. The average Bonchev–Trinajstić information content (AvgIpc) is 2.76. The molecule has 0 saturated carbocycles. The van der Waals surface area contributed by atoms with Gasteiger partial charge in [0.1, 0.15) is 0 Å². The highest BCUT2D eigenvalue weighted by Gasteiger charge is 2.30. The maximum atomic E-state index is 12.9. The zero-order valence-electron chi connectivity index (χ0n) is 16.7. The molecule has 8 nitrogen and oxygen atoms in total. The van der Waals surface area contributed by atoms with E-state index in [0.29, 0.717) is 15.7 Å². The van der Waals surface area contributed by atoms with Crippen LogP contribution in [-0.2, 0) is 14.8 Å². The fourth-order valence-corrected chi connectivity index (χ4v) is 4.80. The number of carbonyl (C=O) groups excluding carboxylic acids is 2. The number of piperazine rings is 1. The quantitative estimate of drug-likeness (QED) is 0.695. The normalized spacial score (nSPS) is 14.9. The fraction of sp³-hybridized carbons (Fsp3) is 0.300. The Morgan fingerprint density at radius 1 is 1.03 bits per heavy atom. The van der Waals surface area contributed by atoms with E-state index in [4.69, 9.17) is 27.9 Å². The molecule has 31 heavy (non-hydrogen) atoms. The molecule has 1 aliphatic rings. The first-order chi connectivity index (χ1) is 14.7. The summed E-state index contributed by atoms with van der Waals surface area (Å²) in [5.41, 5.74) is 0.623. The zero-order chi connectivity index (χ0) is 22.6. The van der Waals surface area contributed by atoms with Gasteiger partial charge in [-0.1, -0.05) is 23.2 Å². The lowest BCUT2D eigenvalue weighted by molar-refractivity contribution is 0.0933. The van der Waals surface area contributed by atoms with Gasteiger partial charge in [-0.15, -0.1) is 0 Å². The summed E-state index contributed by atoms with van der Waals surface area (Å²) in [7, 11) is -3.75. The molecule has 0 aromatic heterocycles. The van der Waals surface area contributed by atoms with Crippen molar-refractivity contribution in [2.75, 3.05) is 38.1 Å². The largest absolute Gasteiger partial charge is 0.450 e. The molecule has 11 heteroatoms. The highest BCUT2D eigenvalue weighted by molar-refractivity contribution is 7.89. The van der Waals surface area contributed by atoms with E-state index in [9.17, 15) is 18.0 Å². The summed E-state index contributed by atoms with van der Waals surface area (Å²) in [6, 6.07) is 10.3. The highest BCUT2D eigenvalue weighted by atomic mass is 35.5. The second-order valence-corrected chi connectivity index (χ2v) is 9.47. The molecule has 2 aromatic carbocycles. The molecule has 0 spiro atoms. The molecular weight excluding hydrogens is 465 g/mol. The number of carbonyl (C=O) groups is 2. The van der Waals surface area contributed by atoms with Gasteiger partial charge in [-0.25, -0.2) is 13.2 Å². The van der Waals surface area contributed by atoms with Crippen LogP contribution in [0.1, 0.15) is 17.3 Å². The standard InChI is InChI=1S/C20H21Cl2N3O5S/c1-2-30-20(27)24-9-11-25(12-10-24)31(28,29)16-6-3-14(4-7-16)19(26)23-18-13-15(21)5-8-17(18)22/h3-8,13H,2,9-12H2,1H3,(H,23,26).